The standard InChI is InChI=1S/C39H44F3N5O8S/c1-22-23(2)55-45-32(22)30(48)17-24-11-7-5-4-6-8-12-25-19-38(25,36(51)46-56(52,53)37(3)15-16-37)20-31(49)29-18-26(21-47(29)35(24)50)54-34-33(39(40,41)42)43-27-13-9-10-14-28(27)44-34/h8-10,12-14,24-26,29H,4-7,11,15-21H2,1-3H3,(H,46,51)/b12-8-/t24-,25-,26-,29+,38-/m1/s1. The topological polar surface area (TPSA) is 179 Å². The number of rotatable bonds is 8. The second-order valence-electron chi connectivity index (χ2n) is 15.9. The molecule has 1 N–H and O–H groups in total. The number of allylic oxidation sites excluding steroid dienone is 2. The summed E-state index contributed by atoms with van der Waals surface area (Å²) < 4.78 is 81.5. The fourth-order valence-corrected chi connectivity index (χ4v) is 9.16. The third kappa shape index (κ3) is 7.70. The summed E-state index contributed by atoms with van der Waals surface area (Å²) in [5.74, 6) is -4.10. The predicted molar refractivity (Wildman–Crippen MR) is 195 cm³/mol. The number of aryl methyl sites for hydroxylation is 1. The highest BCUT2D eigenvalue weighted by Gasteiger charge is 2.62. The number of ketones is 2. The Morgan fingerprint density at radius 1 is 1.07 bits per heavy atom. The lowest BCUT2D eigenvalue weighted by atomic mass is 9.90. The Hall–Kier alpha value is -4.67. The van der Waals surface area contributed by atoms with Gasteiger partial charge in [-0.2, -0.15) is 13.2 Å². The van der Waals surface area contributed by atoms with Crippen LogP contribution in [0.5, 0.6) is 5.88 Å². The van der Waals surface area contributed by atoms with Gasteiger partial charge < -0.3 is 14.2 Å². The molecule has 2 saturated carbocycles. The molecule has 5 atom stereocenters. The van der Waals surface area contributed by atoms with Gasteiger partial charge in [0.05, 0.1) is 33.8 Å². The summed E-state index contributed by atoms with van der Waals surface area (Å²) in [6.45, 7) is 4.57. The Labute approximate surface area is 321 Å². The van der Waals surface area contributed by atoms with Gasteiger partial charge in [-0.25, -0.2) is 18.4 Å². The van der Waals surface area contributed by atoms with Crippen LogP contribution in [0.25, 0.3) is 11.0 Å². The van der Waals surface area contributed by atoms with Gasteiger partial charge in [0, 0.05) is 30.7 Å². The number of halogens is 3. The van der Waals surface area contributed by atoms with E-state index in [1.807, 2.05) is 12.2 Å². The van der Waals surface area contributed by atoms with Crippen LogP contribution in [0.2, 0.25) is 0 Å². The number of carbonyl (C=O) groups is 4. The fourth-order valence-electron chi connectivity index (χ4n) is 7.83. The molecule has 300 valence electrons. The summed E-state index contributed by atoms with van der Waals surface area (Å²) in [6, 6.07) is 4.72. The Kier molecular flexibility index (Phi) is 10.4. The first kappa shape index (κ1) is 39.6. The van der Waals surface area contributed by atoms with E-state index < -0.39 is 91.7 Å². The van der Waals surface area contributed by atoms with Gasteiger partial charge in [0.2, 0.25) is 33.4 Å². The van der Waals surface area contributed by atoms with Crippen LogP contribution in [-0.2, 0) is 30.6 Å². The second kappa shape index (κ2) is 14.7. The SMILES string of the molecule is Cc1onc(C(=O)C[C@H]2CCCCC/C=C\[C@@H]3C[C@@]3(C(=O)NS(=O)(=O)C3(C)CC3)CC(=O)[C@@H]3C[C@@H](Oc4nc5ccccc5nc4C(F)(F)F)CN3C2=O)c1C. The second-order valence-corrected chi connectivity index (χ2v) is 18.1. The van der Waals surface area contributed by atoms with Crippen molar-refractivity contribution in [1.82, 2.24) is 24.7 Å². The number of aromatic nitrogens is 3. The lowest BCUT2D eigenvalue weighted by Crippen LogP contribution is -2.47. The minimum Gasteiger partial charge on any atom is -0.471 e. The zero-order chi connectivity index (χ0) is 40.2. The molecule has 1 saturated heterocycles. The Morgan fingerprint density at radius 2 is 1.79 bits per heavy atom. The average molecular weight is 800 g/mol. The largest absolute Gasteiger partial charge is 0.471 e. The Bertz CT molecular complexity index is 2220. The highest BCUT2D eigenvalue weighted by atomic mass is 32.2. The number of para-hydroxylation sites is 2. The highest BCUT2D eigenvalue weighted by molar-refractivity contribution is 7.91. The van der Waals surface area contributed by atoms with Gasteiger partial charge in [0.15, 0.2) is 17.3 Å². The fraction of sp³-hybridized carbons (Fsp3) is 0.564. The minimum absolute atomic E-state index is 0.00373. The Morgan fingerprint density at radius 3 is 2.45 bits per heavy atom. The van der Waals surface area contributed by atoms with Crippen LogP contribution in [0.15, 0.2) is 40.9 Å². The van der Waals surface area contributed by atoms with Crippen LogP contribution in [0.4, 0.5) is 13.2 Å². The first-order valence-electron chi connectivity index (χ1n) is 19.0. The molecule has 4 aliphatic rings. The van der Waals surface area contributed by atoms with Crippen molar-refractivity contribution in [3.05, 3.63) is 59.1 Å². The molecule has 2 aliphatic heterocycles. The van der Waals surface area contributed by atoms with Crippen LogP contribution in [0.3, 0.4) is 0 Å². The van der Waals surface area contributed by atoms with Gasteiger partial charge in [0.25, 0.3) is 0 Å². The van der Waals surface area contributed by atoms with E-state index in [9.17, 15) is 40.8 Å². The summed E-state index contributed by atoms with van der Waals surface area (Å²) >= 11 is 0. The van der Waals surface area contributed by atoms with Crippen LogP contribution in [-0.4, -0.2) is 75.3 Å². The van der Waals surface area contributed by atoms with E-state index in [1.165, 1.54) is 23.1 Å². The maximum absolute atomic E-state index is 14.6. The number of fused-ring (bicyclic) bond motifs is 3. The summed E-state index contributed by atoms with van der Waals surface area (Å²) in [5.41, 5.74) is -2.02. The maximum Gasteiger partial charge on any atom is 0.438 e. The van der Waals surface area contributed by atoms with Crippen molar-refractivity contribution < 1.29 is 50.0 Å². The molecule has 3 fully saturated rings. The van der Waals surface area contributed by atoms with Crippen LogP contribution in [0.1, 0.15) is 105 Å². The van der Waals surface area contributed by atoms with E-state index in [1.54, 1.807) is 26.8 Å². The molecule has 0 bridgehead atoms. The number of alkyl halides is 3. The van der Waals surface area contributed by atoms with E-state index in [0.29, 0.717) is 43.4 Å². The number of benzene rings is 1. The number of sulfonamides is 1. The molecule has 0 radical (unpaired) electrons. The molecule has 4 heterocycles. The van der Waals surface area contributed by atoms with E-state index in [-0.39, 0.29) is 49.0 Å². The summed E-state index contributed by atoms with van der Waals surface area (Å²) in [6.07, 6.45) is 0.639. The van der Waals surface area contributed by atoms with Gasteiger partial charge in [-0.05, 0) is 77.3 Å². The number of nitrogens with zero attached hydrogens (tertiary/aromatic N) is 4. The lowest BCUT2D eigenvalue weighted by Gasteiger charge is -2.29. The van der Waals surface area contributed by atoms with Crippen molar-refractivity contribution in [2.75, 3.05) is 6.54 Å². The van der Waals surface area contributed by atoms with Gasteiger partial charge in [-0.15, -0.1) is 0 Å². The van der Waals surface area contributed by atoms with E-state index in [0.717, 1.165) is 6.42 Å². The molecule has 7 rings (SSSR count). The van der Waals surface area contributed by atoms with Gasteiger partial charge in [-0.3, -0.25) is 23.9 Å². The molecule has 3 aromatic rings. The van der Waals surface area contributed by atoms with Crippen molar-refractivity contribution in [3.8, 4) is 5.88 Å². The zero-order valence-electron chi connectivity index (χ0n) is 31.4. The van der Waals surface area contributed by atoms with E-state index >= 15 is 0 Å². The normalized spacial score (nSPS) is 27.4. The van der Waals surface area contributed by atoms with Crippen molar-refractivity contribution in [2.24, 2.45) is 17.3 Å². The van der Waals surface area contributed by atoms with Crippen LogP contribution in [0, 0.1) is 31.1 Å². The van der Waals surface area contributed by atoms with Gasteiger partial charge in [-0.1, -0.05) is 42.3 Å². The molecule has 56 heavy (non-hydrogen) atoms. The molecule has 2 aromatic heterocycles. The van der Waals surface area contributed by atoms with Crippen molar-refractivity contribution in [2.45, 2.75) is 114 Å². The zero-order valence-corrected chi connectivity index (χ0v) is 32.2. The van der Waals surface area contributed by atoms with Crippen molar-refractivity contribution in [3.63, 3.8) is 0 Å². The predicted octanol–water partition coefficient (Wildman–Crippen LogP) is 5.98. The molecular weight excluding hydrogens is 756 g/mol. The van der Waals surface area contributed by atoms with Crippen molar-refractivity contribution >= 4 is 44.4 Å². The van der Waals surface area contributed by atoms with Crippen LogP contribution < -0.4 is 9.46 Å². The molecule has 2 amide bonds. The first-order valence-corrected chi connectivity index (χ1v) is 20.4. The number of Topliss-reactive ketones (excluding diaryl/α,β-unsaturated/α-hetero) is 2. The molecule has 17 heteroatoms. The number of amides is 2. The molecule has 13 nitrogen and oxygen atoms in total. The quantitative estimate of drug-likeness (QED) is 0.210. The third-order valence-electron chi connectivity index (χ3n) is 11.9. The number of nitrogens with one attached hydrogen (secondary N) is 1. The number of hydrogen-bond donors (Lipinski definition) is 1. The first-order chi connectivity index (χ1) is 26.4. The molecule has 0 spiro atoms. The molecular formula is C39H44F3N5O8S. The Balaban J connectivity index is 1.23. The number of hydrogen-bond acceptors (Lipinski definition) is 11. The van der Waals surface area contributed by atoms with E-state index in [2.05, 4.69) is 19.8 Å². The monoisotopic (exact) mass is 799 g/mol. The third-order valence-corrected chi connectivity index (χ3v) is 14.1. The van der Waals surface area contributed by atoms with Gasteiger partial charge >= 0.3 is 6.18 Å². The number of carbonyl (C=O) groups excluding carboxylic acids is 4. The van der Waals surface area contributed by atoms with Crippen molar-refractivity contribution in [1.29, 1.82) is 0 Å². The molecule has 1 aromatic carbocycles. The minimum atomic E-state index is -4.95. The maximum atomic E-state index is 14.6. The molecule has 0 unspecified atom stereocenters. The molecule has 2 aliphatic carbocycles. The smallest absolute Gasteiger partial charge is 0.438 e. The van der Waals surface area contributed by atoms with Gasteiger partial charge in [0.1, 0.15) is 11.9 Å². The highest BCUT2D eigenvalue weighted by Crippen LogP contribution is 2.57. The number of ether oxygens (including phenoxy) is 1. The lowest BCUT2D eigenvalue weighted by molar-refractivity contribution is -0.143. The summed E-state index contributed by atoms with van der Waals surface area (Å²) in [4.78, 5) is 65.7. The summed E-state index contributed by atoms with van der Waals surface area (Å²) in [7, 11) is -4.04. The van der Waals surface area contributed by atoms with Crippen LogP contribution >= 0.6 is 0 Å². The summed E-state index contributed by atoms with van der Waals surface area (Å²) in [5, 5.41) is 3.89. The van der Waals surface area contributed by atoms with E-state index in [4.69, 9.17) is 9.26 Å². The average Bonchev–Trinajstić information content (AvgIpc) is 3.97.